The van der Waals surface area contributed by atoms with Crippen molar-refractivity contribution in [2.75, 3.05) is 32.7 Å². The van der Waals surface area contributed by atoms with Crippen molar-refractivity contribution in [3.8, 4) is 0 Å². The molecule has 2 fully saturated rings. The molecule has 2 amide bonds. The first-order valence-corrected chi connectivity index (χ1v) is 12.1. The fourth-order valence-corrected chi connectivity index (χ4v) is 5.84. The number of hydrogen-bond acceptors (Lipinski definition) is 4. The summed E-state index contributed by atoms with van der Waals surface area (Å²) in [4.78, 5) is 16.1. The average molecular weight is 465 g/mol. The molecule has 7 nitrogen and oxygen atoms in total. The highest BCUT2D eigenvalue weighted by molar-refractivity contribution is 7.89. The second kappa shape index (κ2) is 9.51. The van der Waals surface area contributed by atoms with Crippen LogP contribution >= 0.6 is 0 Å². The standard InChI is InChI=1S/C22H26F2N4O3S/c23-18-7-2-1-6-17(18)16-26-12-14-27(15-13-26)22(29)25-21-10-5-11-28(21)32(30,31)20-9-4-3-8-19(20)24/h1-4,6-9,21H,5,10-16H2,(H,25,29)/t21-/m0/s1. The first kappa shape index (κ1) is 22.6. The first-order valence-electron chi connectivity index (χ1n) is 10.6. The summed E-state index contributed by atoms with van der Waals surface area (Å²) < 4.78 is 55.1. The van der Waals surface area contributed by atoms with E-state index >= 15 is 0 Å². The van der Waals surface area contributed by atoms with E-state index in [0.717, 1.165) is 10.4 Å². The van der Waals surface area contributed by atoms with Crippen molar-refractivity contribution in [3.63, 3.8) is 0 Å². The lowest BCUT2D eigenvalue weighted by Crippen LogP contribution is -2.55. The number of urea groups is 1. The molecule has 2 aliphatic heterocycles. The fraction of sp³-hybridized carbons (Fsp3) is 0.409. The van der Waals surface area contributed by atoms with E-state index in [9.17, 15) is 22.0 Å². The Hall–Kier alpha value is -2.56. The molecule has 0 aromatic heterocycles. The lowest BCUT2D eigenvalue weighted by molar-refractivity contribution is 0.129. The summed E-state index contributed by atoms with van der Waals surface area (Å²) in [6.45, 7) is 2.77. The number of benzene rings is 2. The van der Waals surface area contributed by atoms with E-state index in [1.54, 1.807) is 23.1 Å². The zero-order chi connectivity index (χ0) is 22.7. The Morgan fingerprint density at radius 1 is 0.938 bits per heavy atom. The van der Waals surface area contributed by atoms with Crippen LogP contribution in [0.2, 0.25) is 0 Å². The Balaban J connectivity index is 1.35. The summed E-state index contributed by atoms with van der Waals surface area (Å²) in [6.07, 6.45) is 0.324. The van der Waals surface area contributed by atoms with E-state index in [4.69, 9.17) is 0 Å². The first-order chi connectivity index (χ1) is 15.4. The Kier molecular flexibility index (Phi) is 6.73. The smallest absolute Gasteiger partial charge is 0.318 e. The number of amides is 2. The summed E-state index contributed by atoms with van der Waals surface area (Å²) in [5.74, 6) is -1.06. The average Bonchev–Trinajstić information content (AvgIpc) is 3.25. The third-order valence-electron chi connectivity index (χ3n) is 5.93. The predicted octanol–water partition coefficient (Wildman–Crippen LogP) is 2.60. The highest BCUT2D eigenvalue weighted by Gasteiger charge is 2.38. The van der Waals surface area contributed by atoms with Gasteiger partial charge in [-0.25, -0.2) is 22.0 Å². The maximum absolute atomic E-state index is 14.1. The van der Waals surface area contributed by atoms with Gasteiger partial charge in [0.15, 0.2) is 0 Å². The molecule has 0 radical (unpaired) electrons. The Morgan fingerprint density at radius 2 is 1.59 bits per heavy atom. The number of sulfonamides is 1. The summed E-state index contributed by atoms with van der Waals surface area (Å²) in [6, 6.07) is 11.5. The molecule has 10 heteroatoms. The summed E-state index contributed by atoms with van der Waals surface area (Å²) >= 11 is 0. The quantitative estimate of drug-likeness (QED) is 0.739. The van der Waals surface area contributed by atoms with Crippen LogP contribution < -0.4 is 5.32 Å². The SMILES string of the molecule is O=C(N[C@@H]1CCCN1S(=O)(=O)c1ccccc1F)N1CCN(Cc2ccccc2F)CC1. The normalized spacial score (nSPS) is 20.4. The number of nitrogens with zero attached hydrogens (tertiary/aromatic N) is 3. The van der Waals surface area contributed by atoms with Crippen molar-refractivity contribution in [1.29, 1.82) is 0 Å². The van der Waals surface area contributed by atoms with Crippen LogP contribution in [0.25, 0.3) is 0 Å². The van der Waals surface area contributed by atoms with Gasteiger partial charge < -0.3 is 10.2 Å². The third kappa shape index (κ3) is 4.77. The maximum atomic E-state index is 14.1. The topological polar surface area (TPSA) is 73.0 Å². The largest absolute Gasteiger partial charge is 0.322 e. The highest BCUT2D eigenvalue weighted by atomic mass is 32.2. The molecule has 0 aliphatic carbocycles. The zero-order valence-corrected chi connectivity index (χ0v) is 18.4. The number of piperazine rings is 1. The monoisotopic (exact) mass is 464 g/mol. The molecular formula is C22H26F2N4O3S. The van der Waals surface area contributed by atoms with Crippen LogP contribution in [0.3, 0.4) is 0 Å². The molecule has 0 bridgehead atoms. The van der Waals surface area contributed by atoms with Gasteiger partial charge in [0.2, 0.25) is 10.0 Å². The van der Waals surface area contributed by atoms with Gasteiger partial charge in [0, 0.05) is 44.8 Å². The lowest BCUT2D eigenvalue weighted by atomic mass is 10.2. The number of halogens is 2. The summed E-state index contributed by atoms with van der Waals surface area (Å²) in [5.41, 5.74) is 0.616. The number of carbonyl (C=O) groups excluding carboxylic acids is 1. The van der Waals surface area contributed by atoms with Gasteiger partial charge in [-0.1, -0.05) is 30.3 Å². The minimum atomic E-state index is -4.06. The van der Waals surface area contributed by atoms with E-state index in [2.05, 4.69) is 10.2 Å². The van der Waals surface area contributed by atoms with Crippen LogP contribution in [0.1, 0.15) is 18.4 Å². The van der Waals surface area contributed by atoms with E-state index in [1.165, 1.54) is 24.3 Å². The molecule has 2 aromatic rings. The Labute approximate surface area is 186 Å². The highest BCUT2D eigenvalue weighted by Crippen LogP contribution is 2.26. The number of rotatable bonds is 5. The predicted molar refractivity (Wildman–Crippen MR) is 115 cm³/mol. The van der Waals surface area contributed by atoms with Crippen LogP contribution in [-0.2, 0) is 16.6 Å². The van der Waals surface area contributed by atoms with Crippen LogP contribution in [-0.4, -0.2) is 67.4 Å². The molecule has 0 saturated carbocycles. The third-order valence-corrected chi connectivity index (χ3v) is 7.87. The molecule has 32 heavy (non-hydrogen) atoms. The van der Waals surface area contributed by atoms with E-state index in [-0.39, 0.29) is 23.3 Å². The van der Waals surface area contributed by atoms with Crippen molar-refractivity contribution in [1.82, 2.24) is 19.4 Å². The van der Waals surface area contributed by atoms with E-state index in [1.807, 2.05) is 0 Å². The molecule has 1 N–H and O–H groups in total. The molecule has 172 valence electrons. The van der Waals surface area contributed by atoms with Gasteiger partial charge in [-0.3, -0.25) is 4.90 Å². The Bertz CT molecular complexity index is 1070. The van der Waals surface area contributed by atoms with Gasteiger partial charge in [0.05, 0.1) is 6.17 Å². The van der Waals surface area contributed by atoms with Gasteiger partial charge in [0.1, 0.15) is 16.5 Å². The minimum Gasteiger partial charge on any atom is -0.322 e. The molecule has 2 aliphatic rings. The van der Waals surface area contributed by atoms with Gasteiger partial charge in [-0.05, 0) is 31.0 Å². The van der Waals surface area contributed by atoms with E-state index < -0.39 is 22.0 Å². The number of carbonyl (C=O) groups is 1. The van der Waals surface area contributed by atoms with Gasteiger partial charge in [0.25, 0.3) is 0 Å². The molecule has 2 saturated heterocycles. The number of hydrogen-bond donors (Lipinski definition) is 1. The summed E-state index contributed by atoms with van der Waals surface area (Å²) in [7, 11) is -4.06. The van der Waals surface area contributed by atoms with Crippen LogP contribution in [0.15, 0.2) is 53.4 Å². The molecule has 2 heterocycles. The van der Waals surface area contributed by atoms with Gasteiger partial charge in [-0.2, -0.15) is 4.31 Å². The fourth-order valence-electron chi connectivity index (χ4n) is 4.16. The van der Waals surface area contributed by atoms with Crippen LogP contribution in [0, 0.1) is 11.6 Å². The molecular weight excluding hydrogens is 438 g/mol. The number of nitrogens with one attached hydrogen (secondary N) is 1. The van der Waals surface area contributed by atoms with Crippen molar-refractivity contribution in [2.24, 2.45) is 0 Å². The second-order valence-electron chi connectivity index (χ2n) is 8.01. The molecule has 0 unspecified atom stereocenters. The second-order valence-corrected chi connectivity index (χ2v) is 9.87. The van der Waals surface area contributed by atoms with Crippen molar-refractivity contribution >= 4 is 16.1 Å². The maximum Gasteiger partial charge on any atom is 0.318 e. The van der Waals surface area contributed by atoms with Crippen molar-refractivity contribution in [3.05, 3.63) is 65.7 Å². The molecule has 0 spiro atoms. The van der Waals surface area contributed by atoms with Crippen molar-refractivity contribution < 1.29 is 22.0 Å². The zero-order valence-electron chi connectivity index (χ0n) is 17.6. The molecule has 4 rings (SSSR count). The summed E-state index contributed by atoms with van der Waals surface area (Å²) in [5, 5.41) is 2.80. The van der Waals surface area contributed by atoms with Gasteiger partial charge >= 0.3 is 6.03 Å². The van der Waals surface area contributed by atoms with Crippen LogP contribution in [0.5, 0.6) is 0 Å². The van der Waals surface area contributed by atoms with Crippen molar-refractivity contribution in [2.45, 2.75) is 30.4 Å². The van der Waals surface area contributed by atoms with Crippen LogP contribution in [0.4, 0.5) is 13.6 Å². The lowest BCUT2D eigenvalue weighted by Gasteiger charge is -2.36. The molecule has 2 aromatic carbocycles. The minimum absolute atomic E-state index is 0.220. The van der Waals surface area contributed by atoms with E-state index in [0.29, 0.717) is 51.1 Å². The van der Waals surface area contributed by atoms with Gasteiger partial charge in [-0.15, -0.1) is 0 Å². The molecule has 1 atom stereocenters. The Morgan fingerprint density at radius 3 is 2.28 bits per heavy atom.